The summed E-state index contributed by atoms with van der Waals surface area (Å²) in [6, 6.07) is 7.05. The van der Waals surface area contributed by atoms with Crippen LogP contribution in [0.3, 0.4) is 0 Å². The molecular formula is C21H17F2N5O2S. The number of nitrogens with one attached hydrogen (secondary N) is 2. The molecule has 0 aliphatic carbocycles. The van der Waals surface area contributed by atoms with Gasteiger partial charge in [-0.15, -0.1) is 0 Å². The summed E-state index contributed by atoms with van der Waals surface area (Å²) in [7, 11) is 1.48. The highest BCUT2D eigenvalue weighted by Crippen LogP contribution is 2.41. The van der Waals surface area contributed by atoms with Gasteiger partial charge in [-0.2, -0.15) is 0 Å². The highest BCUT2D eigenvalue weighted by molar-refractivity contribution is 7.22. The van der Waals surface area contributed by atoms with Crippen molar-refractivity contribution >= 4 is 32.7 Å². The second kappa shape index (κ2) is 8.60. The average molecular weight is 441 g/mol. The van der Waals surface area contributed by atoms with Gasteiger partial charge in [0.2, 0.25) is 5.88 Å². The van der Waals surface area contributed by atoms with Crippen LogP contribution in [-0.4, -0.2) is 34.6 Å². The van der Waals surface area contributed by atoms with Crippen LogP contribution in [-0.2, 0) is 0 Å². The molecule has 0 saturated carbocycles. The maximum atomic E-state index is 15.5. The van der Waals surface area contributed by atoms with Gasteiger partial charge in [-0.25, -0.2) is 23.5 Å². The summed E-state index contributed by atoms with van der Waals surface area (Å²) in [4.78, 5) is 24.4. The van der Waals surface area contributed by atoms with Gasteiger partial charge in [0.25, 0.3) is 0 Å². The number of ether oxygens (including phenoxy) is 1. The molecule has 158 valence electrons. The molecule has 0 aliphatic rings. The fraction of sp³-hybridized carbons (Fsp3) is 0.143. The smallest absolute Gasteiger partial charge is 0.321 e. The lowest BCUT2D eigenvalue weighted by molar-refractivity contribution is 0.252. The lowest BCUT2D eigenvalue weighted by Crippen LogP contribution is -2.28. The summed E-state index contributed by atoms with van der Waals surface area (Å²) in [5, 5.41) is 5.34. The minimum Gasteiger partial charge on any atom is -0.481 e. The fourth-order valence-corrected chi connectivity index (χ4v) is 4.01. The third-order valence-electron chi connectivity index (χ3n) is 4.43. The number of amides is 2. The first-order valence-electron chi connectivity index (χ1n) is 9.31. The molecule has 0 fully saturated rings. The number of anilines is 1. The van der Waals surface area contributed by atoms with Crippen LogP contribution in [0.4, 0.5) is 18.7 Å². The molecule has 0 radical (unpaired) electrons. The van der Waals surface area contributed by atoms with Crippen molar-refractivity contribution in [3.63, 3.8) is 0 Å². The van der Waals surface area contributed by atoms with Crippen molar-refractivity contribution in [2.45, 2.75) is 6.92 Å². The molecule has 0 spiro atoms. The molecule has 10 heteroatoms. The summed E-state index contributed by atoms with van der Waals surface area (Å²) >= 11 is 1.04. The first kappa shape index (κ1) is 20.6. The molecule has 7 nitrogen and oxygen atoms in total. The van der Waals surface area contributed by atoms with Crippen LogP contribution in [0, 0.1) is 11.6 Å². The predicted molar refractivity (Wildman–Crippen MR) is 115 cm³/mol. The van der Waals surface area contributed by atoms with Gasteiger partial charge in [0.1, 0.15) is 17.0 Å². The zero-order valence-electron chi connectivity index (χ0n) is 16.6. The third kappa shape index (κ3) is 4.02. The van der Waals surface area contributed by atoms with E-state index in [0.717, 1.165) is 11.3 Å². The summed E-state index contributed by atoms with van der Waals surface area (Å²) in [5.41, 5.74) is 1.07. The normalized spacial score (nSPS) is 10.8. The Balaban J connectivity index is 1.93. The molecule has 2 amide bonds. The molecule has 3 heterocycles. The molecule has 0 aliphatic heterocycles. The average Bonchev–Trinajstić information content (AvgIpc) is 3.19. The first-order chi connectivity index (χ1) is 15.0. The number of methoxy groups -OCH3 is 1. The van der Waals surface area contributed by atoms with Crippen LogP contribution in [0.25, 0.3) is 32.6 Å². The van der Waals surface area contributed by atoms with E-state index in [1.807, 2.05) is 0 Å². The number of pyridine rings is 2. The quantitative estimate of drug-likeness (QED) is 0.462. The monoisotopic (exact) mass is 441 g/mol. The Morgan fingerprint density at radius 1 is 1.19 bits per heavy atom. The molecule has 4 aromatic rings. The summed E-state index contributed by atoms with van der Waals surface area (Å²) < 4.78 is 35.5. The van der Waals surface area contributed by atoms with E-state index in [1.165, 1.54) is 37.7 Å². The van der Waals surface area contributed by atoms with Crippen molar-refractivity contribution in [2.75, 3.05) is 19.0 Å². The Hall–Kier alpha value is -3.66. The van der Waals surface area contributed by atoms with Crippen molar-refractivity contribution in [1.29, 1.82) is 0 Å². The lowest BCUT2D eigenvalue weighted by atomic mass is 10.0. The number of aromatic nitrogens is 3. The molecule has 1 aromatic carbocycles. The second-order valence-corrected chi connectivity index (χ2v) is 7.39. The van der Waals surface area contributed by atoms with Crippen LogP contribution in [0.1, 0.15) is 6.92 Å². The zero-order chi connectivity index (χ0) is 22.0. The Kier molecular flexibility index (Phi) is 5.72. The van der Waals surface area contributed by atoms with Crippen LogP contribution in [0.5, 0.6) is 5.88 Å². The number of fused-ring (bicyclic) bond motifs is 1. The third-order valence-corrected chi connectivity index (χ3v) is 5.44. The second-order valence-electron chi connectivity index (χ2n) is 6.39. The number of carbonyl (C=O) groups is 1. The molecule has 2 N–H and O–H groups in total. The van der Waals surface area contributed by atoms with Crippen molar-refractivity contribution in [2.24, 2.45) is 0 Å². The standard InChI is InChI=1S/C21H17F2N5O2S/c1-3-24-20(29)28-21-27-18-16(23)12(11-6-7-15(30-2)26-10-11)9-13(19(18)31-21)17-14(22)5-4-8-25-17/h4-10H,3H2,1-2H3,(H2,24,27,28,29). The maximum Gasteiger partial charge on any atom is 0.321 e. The van der Waals surface area contributed by atoms with Crippen molar-refractivity contribution in [1.82, 2.24) is 20.3 Å². The van der Waals surface area contributed by atoms with E-state index in [-0.39, 0.29) is 21.9 Å². The minimum atomic E-state index is -0.609. The van der Waals surface area contributed by atoms with Gasteiger partial charge < -0.3 is 10.1 Å². The van der Waals surface area contributed by atoms with E-state index in [4.69, 9.17) is 4.74 Å². The van der Waals surface area contributed by atoms with Gasteiger partial charge in [-0.3, -0.25) is 10.3 Å². The lowest BCUT2D eigenvalue weighted by Gasteiger charge is -2.09. The molecule has 0 bridgehead atoms. The summed E-state index contributed by atoms with van der Waals surface area (Å²) in [5.74, 6) is -0.786. The van der Waals surface area contributed by atoms with E-state index in [2.05, 4.69) is 25.6 Å². The number of benzene rings is 1. The van der Waals surface area contributed by atoms with Crippen LogP contribution >= 0.6 is 11.3 Å². The number of hydrogen-bond acceptors (Lipinski definition) is 6. The van der Waals surface area contributed by atoms with Gasteiger partial charge in [0, 0.05) is 41.7 Å². The topological polar surface area (TPSA) is 89.0 Å². The van der Waals surface area contributed by atoms with E-state index in [9.17, 15) is 9.18 Å². The Morgan fingerprint density at radius 3 is 2.71 bits per heavy atom. The van der Waals surface area contributed by atoms with Crippen molar-refractivity contribution < 1.29 is 18.3 Å². The summed E-state index contributed by atoms with van der Waals surface area (Å²) in [6.45, 7) is 2.19. The number of thiazole rings is 1. The number of nitrogens with zero attached hydrogens (tertiary/aromatic N) is 3. The first-order valence-corrected chi connectivity index (χ1v) is 10.1. The van der Waals surface area contributed by atoms with Gasteiger partial charge in [-0.05, 0) is 31.2 Å². The molecule has 31 heavy (non-hydrogen) atoms. The van der Waals surface area contributed by atoms with E-state index >= 15 is 4.39 Å². The van der Waals surface area contributed by atoms with Crippen molar-refractivity contribution in [3.05, 3.63) is 54.4 Å². The molecule has 4 rings (SSSR count). The van der Waals surface area contributed by atoms with Gasteiger partial charge >= 0.3 is 6.03 Å². The Bertz CT molecular complexity index is 1260. The fourth-order valence-electron chi connectivity index (χ4n) is 3.04. The predicted octanol–water partition coefficient (Wildman–Crippen LogP) is 4.85. The number of halogens is 2. The highest BCUT2D eigenvalue weighted by atomic mass is 32.1. The maximum absolute atomic E-state index is 15.5. The largest absolute Gasteiger partial charge is 0.481 e. The molecule has 0 unspecified atom stereocenters. The van der Waals surface area contributed by atoms with E-state index in [0.29, 0.717) is 28.3 Å². The molecular weight excluding hydrogens is 424 g/mol. The Morgan fingerprint density at radius 2 is 2.03 bits per heavy atom. The SMILES string of the molecule is CCNC(=O)Nc1nc2c(F)c(-c3ccc(OC)nc3)cc(-c3ncccc3F)c2s1. The zero-order valence-corrected chi connectivity index (χ0v) is 17.4. The minimum absolute atomic E-state index is 0.00479. The van der Waals surface area contributed by atoms with E-state index < -0.39 is 17.7 Å². The highest BCUT2D eigenvalue weighted by Gasteiger charge is 2.22. The van der Waals surface area contributed by atoms with Crippen LogP contribution < -0.4 is 15.4 Å². The van der Waals surface area contributed by atoms with Crippen molar-refractivity contribution in [3.8, 4) is 28.3 Å². The van der Waals surface area contributed by atoms with Gasteiger partial charge in [-0.1, -0.05) is 11.3 Å². The van der Waals surface area contributed by atoms with Crippen LogP contribution in [0.15, 0.2) is 42.7 Å². The number of hydrogen-bond donors (Lipinski definition) is 2. The van der Waals surface area contributed by atoms with E-state index in [1.54, 1.807) is 19.1 Å². The number of carbonyl (C=O) groups excluding carboxylic acids is 1. The van der Waals surface area contributed by atoms with Gasteiger partial charge in [0.15, 0.2) is 10.9 Å². The summed E-state index contributed by atoms with van der Waals surface area (Å²) in [6.07, 6.45) is 2.92. The van der Waals surface area contributed by atoms with Gasteiger partial charge in [0.05, 0.1) is 11.8 Å². The molecule has 0 atom stereocenters. The molecule has 0 saturated heterocycles. The Labute approximate surface area is 180 Å². The van der Waals surface area contributed by atoms with Crippen LogP contribution in [0.2, 0.25) is 0 Å². The number of rotatable bonds is 5. The molecule has 3 aromatic heterocycles. The number of urea groups is 1.